The Kier molecular flexibility index (Phi) is 3.02. The zero-order valence-electron chi connectivity index (χ0n) is 10.9. The number of fused-ring (bicyclic) bond motifs is 1. The van der Waals surface area contributed by atoms with Gasteiger partial charge in [-0.05, 0) is 11.4 Å². The molecule has 0 radical (unpaired) electrons. The van der Waals surface area contributed by atoms with Crippen LogP contribution >= 0.6 is 11.3 Å². The lowest BCUT2D eigenvalue weighted by Gasteiger charge is -2.09. The van der Waals surface area contributed by atoms with Gasteiger partial charge in [0.05, 0.1) is 22.5 Å². The van der Waals surface area contributed by atoms with E-state index >= 15 is 0 Å². The highest BCUT2D eigenvalue weighted by atomic mass is 32.1. The molecule has 7 nitrogen and oxygen atoms in total. The molecule has 0 spiro atoms. The lowest BCUT2D eigenvalue weighted by molar-refractivity contribution is 0.0695. The molecular formula is C13H10N2O5S. The van der Waals surface area contributed by atoms with Crippen molar-refractivity contribution >= 4 is 27.5 Å². The summed E-state index contributed by atoms with van der Waals surface area (Å²) in [6.07, 6.45) is 1.42. The fraction of sp³-hybridized carbons (Fsp3) is 0.154. The molecule has 0 saturated heterocycles. The van der Waals surface area contributed by atoms with E-state index in [1.807, 2.05) is 0 Å². The van der Waals surface area contributed by atoms with Crippen LogP contribution in [0.25, 0.3) is 10.2 Å². The fourth-order valence-corrected chi connectivity index (χ4v) is 3.09. The van der Waals surface area contributed by atoms with Crippen LogP contribution in [0.3, 0.4) is 0 Å². The van der Waals surface area contributed by atoms with Crippen LogP contribution in [0.1, 0.15) is 21.9 Å². The Morgan fingerprint density at radius 2 is 2.29 bits per heavy atom. The number of pyridine rings is 1. The highest BCUT2D eigenvalue weighted by Crippen LogP contribution is 2.29. The molecular weight excluding hydrogens is 296 g/mol. The molecule has 0 aliphatic carbocycles. The summed E-state index contributed by atoms with van der Waals surface area (Å²) in [5, 5.41) is 20.7. The van der Waals surface area contributed by atoms with Gasteiger partial charge in [0.15, 0.2) is 11.6 Å². The van der Waals surface area contributed by atoms with Gasteiger partial charge in [0.2, 0.25) is 0 Å². The van der Waals surface area contributed by atoms with Crippen molar-refractivity contribution in [1.82, 2.24) is 9.55 Å². The van der Waals surface area contributed by atoms with Gasteiger partial charge in [-0.25, -0.2) is 9.78 Å². The van der Waals surface area contributed by atoms with E-state index in [9.17, 15) is 14.7 Å². The van der Waals surface area contributed by atoms with Gasteiger partial charge in [0.1, 0.15) is 11.8 Å². The average molecular weight is 306 g/mol. The molecule has 0 amide bonds. The Bertz CT molecular complexity index is 905. The molecule has 3 rings (SSSR count). The molecule has 108 valence electrons. The molecule has 8 heteroatoms. The number of nitrogens with zero attached hydrogens (tertiary/aromatic N) is 2. The topological polar surface area (TPSA) is 106 Å². The number of hydrogen-bond acceptors (Lipinski definition) is 6. The van der Waals surface area contributed by atoms with Crippen LogP contribution in [0.2, 0.25) is 0 Å². The zero-order chi connectivity index (χ0) is 15.1. The second-order valence-corrected chi connectivity index (χ2v) is 5.33. The van der Waals surface area contributed by atoms with Crippen LogP contribution < -0.4 is 5.56 Å². The van der Waals surface area contributed by atoms with E-state index < -0.39 is 17.3 Å². The molecule has 0 aliphatic heterocycles. The Hall–Kier alpha value is -2.61. The summed E-state index contributed by atoms with van der Waals surface area (Å²) >= 11 is 1.15. The smallest absolute Gasteiger partial charge is 0.341 e. The quantitative estimate of drug-likeness (QED) is 0.764. The number of carboxylic acid groups (broad SMARTS) is 1. The van der Waals surface area contributed by atoms with Gasteiger partial charge in [-0.3, -0.25) is 9.36 Å². The van der Waals surface area contributed by atoms with Crippen molar-refractivity contribution in [1.29, 1.82) is 0 Å². The minimum atomic E-state index is -1.33. The molecule has 0 aliphatic rings. The van der Waals surface area contributed by atoms with E-state index in [0.717, 1.165) is 11.3 Å². The summed E-state index contributed by atoms with van der Waals surface area (Å²) in [6.45, 7) is 1.77. The Labute approximate surface area is 121 Å². The average Bonchev–Trinajstić information content (AvgIpc) is 3.03. The second-order valence-electron chi connectivity index (χ2n) is 4.41. The molecule has 21 heavy (non-hydrogen) atoms. The van der Waals surface area contributed by atoms with E-state index in [1.54, 1.807) is 18.4 Å². The first-order valence-corrected chi connectivity index (χ1v) is 6.84. The predicted molar refractivity (Wildman–Crippen MR) is 75.1 cm³/mol. The third-order valence-corrected chi connectivity index (χ3v) is 3.97. The third-order valence-electron chi connectivity index (χ3n) is 3.05. The monoisotopic (exact) mass is 306 g/mol. The van der Waals surface area contributed by atoms with Crippen molar-refractivity contribution in [3.63, 3.8) is 0 Å². The summed E-state index contributed by atoms with van der Waals surface area (Å²) in [7, 11) is 0. The minimum absolute atomic E-state index is 0.0941. The standard InChI is InChI=1S/C13H10N2O5S/c1-6-14-7(5-20-6)4-15-8-2-3-21-11(8)9(13(18)19)10(16)12(15)17/h2-3,5,16H,4H2,1H3,(H,18,19). The number of carboxylic acids is 1. The van der Waals surface area contributed by atoms with Gasteiger partial charge in [-0.1, -0.05) is 0 Å². The van der Waals surface area contributed by atoms with Gasteiger partial charge < -0.3 is 14.6 Å². The van der Waals surface area contributed by atoms with Crippen LogP contribution in [0.4, 0.5) is 0 Å². The molecule has 3 aromatic rings. The van der Waals surface area contributed by atoms with Gasteiger partial charge in [-0.15, -0.1) is 11.3 Å². The van der Waals surface area contributed by atoms with Gasteiger partial charge >= 0.3 is 5.97 Å². The minimum Gasteiger partial charge on any atom is -0.502 e. The highest BCUT2D eigenvalue weighted by Gasteiger charge is 2.22. The molecule has 0 unspecified atom stereocenters. The zero-order valence-corrected chi connectivity index (χ0v) is 11.7. The van der Waals surface area contributed by atoms with E-state index in [-0.39, 0.29) is 12.1 Å². The van der Waals surface area contributed by atoms with Crippen LogP contribution in [-0.4, -0.2) is 25.7 Å². The van der Waals surface area contributed by atoms with Crippen LogP contribution in [0.15, 0.2) is 26.9 Å². The summed E-state index contributed by atoms with van der Waals surface area (Å²) in [4.78, 5) is 27.5. The van der Waals surface area contributed by atoms with Crippen molar-refractivity contribution in [3.05, 3.63) is 45.2 Å². The van der Waals surface area contributed by atoms with Crippen LogP contribution in [-0.2, 0) is 6.54 Å². The maximum absolute atomic E-state index is 12.2. The SMILES string of the molecule is Cc1nc(Cn2c(=O)c(O)c(C(=O)O)c3sccc32)co1. The number of thiophene rings is 1. The lowest BCUT2D eigenvalue weighted by atomic mass is 10.2. The number of aromatic carboxylic acids is 1. The summed E-state index contributed by atoms with van der Waals surface area (Å²) in [5.41, 5.74) is -0.165. The van der Waals surface area contributed by atoms with Crippen molar-refractivity contribution in [2.75, 3.05) is 0 Å². The second kappa shape index (κ2) is 4.74. The largest absolute Gasteiger partial charge is 0.502 e. The number of aryl methyl sites for hydroxylation is 1. The van der Waals surface area contributed by atoms with Crippen molar-refractivity contribution in [2.24, 2.45) is 0 Å². The molecule has 0 aromatic carbocycles. The lowest BCUT2D eigenvalue weighted by Crippen LogP contribution is -2.23. The van der Waals surface area contributed by atoms with Crippen molar-refractivity contribution < 1.29 is 19.4 Å². The van der Waals surface area contributed by atoms with Crippen LogP contribution in [0.5, 0.6) is 5.75 Å². The molecule has 0 saturated carbocycles. The Morgan fingerprint density at radius 1 is 1.52 bits per heavy atom. The number of carbonyl (C=O) groups is 1. The Balaban J connectivity index is 2.26. The van der Waals surface area contributed by atoms with E-state index in [1.165, 1.54) is 10.8 Å². The molecule has 0 atom stereocenters. The number of hydrogen-bond donors (Lipinski definition) is 2. The van der Waals surface area contributed by atoms with Crippen molar-refractivity contribution in [2.45, 2.75) is 13.5 Å². The normalized spacial score (nSPS) is 11.1. The summed E-state index contributed by atoms with van der Waals surface area (Å²) < 4.78 is 6.71. The molecule has 3 aromatic heterocycles. The first-order chi connectivity index (χ1) is 9.99. The number of oxazole rings is 1. The molecule has 3 heterocycles. The number of aromatic hydroxyl groups is 1. The summed E-state index contributed by atoms with van der Waals surface area (Å²) in [6, 6.07) is 1.64. The first kappa shape index (κ1) is 13.4. The van der Waals surface area contributed by atoms with E-state index in [0.29, 0.717) is 21.8 Å². The maximum atomic E-state index is 12.2. The fourth-order valence-electron chi connectivity index (χ4n) is 2.15. The summed E-state index contributed by atoms with van der Waals surface area (Å²) in [5.74, 6) is -1.63. The van der Waals surface area contributed by atoms with Gasteiger partial charge in [0.25, 0.3) is 5.56 Å². The predicted octanol–water partition coefficient (Wildman–Crippen LogP) is 1.81. The van der Waals surface area contributed by atoms with Crippen LogP contribution in [0, 0.1) is 6.92 Å². The van der Waals surface area contributed by atoms with Gasteiger partial charge in [0, 0.05) is 6.92 Å². The molecule has 2 N–H and O–H groups in total. The Morgan fingerprint density at radius 3 is 2.90 bits per heavy atom. The highest BCUT2D eigenvalue weighted by molar-refractivity contribution is 7.17. The van der Waals surface area contributed by atoms with Gasteiger partial charge in [-0.2, -0.15) is 0 Å². The van der Waals surface area contributed by atoms with E-state index in [2.05, 4.69) is 4.98 Å². The molecule has 0 fully saturated rings. The molecule has 0 bridgehead atoms. The third kappa shape index (κ3) is 2.09. The van der Waals surface area contributed by atoms with Crippen molar-refractivity contribution in [3.8, 4) is 5.75 Å². The maximum Gasteiger partial charge on any atom is 0.341 e. The first-order valence-electron chi connectivity index (χ1n) is 5.96. The number of rotatable bonds is 3. The van der Waals surface area contributed by atoms with E-state index in [4.69, 9.17) is 9.52 Å². The number of aromatic nitrogens is 2.